The Hall–Kier alpha value is -2.77. The van der Waals surface area contributed by atoms with E-state index >= 15 is 0 Å². The molecule has 0 radical (unpaired) electrons. The van der Waals surface area contributed by atoms with Gasteiger partial charge in [0.25, 0.3) is 0 Å². The monoisotopic (exact) mass is 414 g/mol. The molecule has 8 heteroatoms. The largest absolute Gasteiger partial charge is 0.368 e. The van der Waals surface area contributed by atoms with Crippen LogP contribution in [0.3, 0.4) is 0 Å². The van der Waals surface area contributed by atoms with E-state index < -0.39 is 0 Å². The van der Waals surface area contributed by atoms with Gasteiger partial charge in [-0.3, -0.25) is 14.6 Å². The van der Waals surface area contributed by atoms with Gasteiger partial charge in [-0.25, -0.2) is 0 Å². The Labute approximate surface area is 179 Å². The van der Waals surface area contributed by atoms with Gasteiger partial charge in [0.15, 0.2) is 5.96 Å². The molecule has 0 saturated carbocycles. The number of benzene rings is 1. The van der Waals surface area contributed by atoms with E-state index in [4.69, 9.17) is 0 Å². The molecule has 0 unspecified atom stereocenters. The number of carbonyl (C=O) groups is 2. The molecule has 2 heterocycles. The van der Waals surface area contributed by atoms with Crippen molar-refractivity contribution in [1.29, 1.82) is 0 Å². The first kappa shape index (κ1) is 21.9. The van der Waals surface area contributed by atoms with Crippen LogP contribution in [0.15, 0.2) is 35.3 Å². The van der Waals surface area contributed by atoms with E-state index in [0.29, 0.717) is 12.3 Å². The number of hydrogen-bond acceptors (Lipinski definition) is 4. The molecule has 0 aromatic heterocycles. The zero-order chi connectivity index (χ0) is 21.3. The maximum absolute atomic E-state index is 12.7. The number of piperidine rings is 1. The molecular formula is C22H34N6O2. The van der Waals surface area contributed by atoms with Crippen molar-refractivity contribution in [2.45, 2.75) is 19.3 Å². The summed E-state index contributed by atoms with van der Waals surface area (Å²) < 4.78 is 0. The predicted molar refractivity (Wildman–Crippen MR) is 120 cm³/mol. The van der Waals surface area contributed by atoms with Gasteiger partial charge in [-0.1, -0.05) is 18.2 Å². The number of amides is 2. The lowest BCUT2D eigenvalue weighted by atomic mass is 9.93. The van der Waals surface area contributed by atoms with Gasteiger partial charge in [0, 0.05) is 65.5 Å². The minimum atomic E-state index is 0.105. The zero-order valence-corrected chi connectivity index (χ0v) is 18.1. The maximum Gasteiger partial charge on any atom is 0.242 e. The van der Waals surface area contributed by atoms with Crippen molar-refractivity contribution in [3.05, 3.63) is 30.3 Å². The quantitative estimate of drug-likeness (QED) is 0.549. The second-order valence-electron chi connectivity index (χ2n) is 7.91. The number of likely N-dealkylation sites (tertiary alicyclic amines) is 1. The molecule has 1 aromatic rings. The third kappa shape index (κ3) is 5.87. The number of nitrogens with zero attached hydrogens (tertiary/aromatic N) is 4. The lowest BCUT2D eigenvalue weighted by Gasteiger charge is -2.37. The molecule has 3 rings (SSSR count). The number of carbonyl (C=O) groups excluding carboxylic acids is 2. The Morgan fingerprint density at radius 2 is 1.67 bits per heavy atom. The molecule has 30 heavy (non-hydrogen) atoms. The summed E-state index contributed by atoms with van der Waals surface area (Å²) in [5, 5.41) is 5.94. The standard InChI is InChI=1S/C22H34N6O2/c1-23-20(29)16-18-8-10-28(11-9-18)22(24-2)25-17-21(30)27-14-12-26(13-15-27)19-6-4-3-5-7-19/h3-7,18H,8-17H2,1-2H3,(H,23,29)(H,24,25). The van der Waals surface area contributed by atoms with Crippen molar-refractivity contribution in [3.8, 4) is 0 Å². The summed E-state index contributed by atoms with van der Waals surface area (Å²) in [6, 6.07) is 10.3. The molecule has 2 aliphatic heterocycles. The summed E-state index contributed by atoms with van der Waals surface area (Å²) in [5.74, 6) is 1.40. The molecule has 0 aliphatic carbocycles. The van der Waals surface area contributed by atoms with E-state index in [1.807, 2.05) is 23.1 Å². The summed E-state index contributed by atoms with van der Waals surface area (Å²) in [7, 11) is 3.43. The first-order valence-corrected chi connectivity index (χ1v) is 10.8. The predicted octanol–water partition coefficient (Wildman–Crippen LogP) is 0.759. The number of para-hydroxylation sites is 1. The molecule has 2 N–H and O–H groups in total. The van der Waals surface area contributed by atoms with Crippen molar-refractivity contribution in [2.75, 3.05) is 64.8 Å². The van der Waals surface area contributed by atoms with E-state index in [9.17, 15) is 9.59 Å². The summed E-state index contributed by atoms with van der Waals surface area (Å²) >= 11 is 0. The summed E-state index contributed by atoms with van der Waals surface area (Å²) in [4.78, 5) is 35.0. The first-order valence-electron chi connectivity index (χ1n) is 10.8. The average molecular weight is 415 g/mol. The Morgan fingerprint density at radius 3 is 2.27 bits per heavy atom. The second-order valence-corrected chi connectivity index (χ2v) is 7.91. The number of hydrogen-bond donors (Lipinski definition) is 2. The van der Waals surface area contributed by atoms with Gasteiger partial charge in [0.05, 0.1) is 6.54 Å². The highest BCUT2D eigenvalue weighted by Gasteiger charge is 2.25. The van der Waals surface area contributed by atoms with Gasteiger partial charge in [-0.15, -0.1) is 0 Å². The smallest absolute Gasteiger partial charge is 0.242 e. The fraction of sp³-hybridized carbons (Fsp3) is 0.591. The lowest BCUT2D eigenvalue weighted by Crippen LogP contribution is -2.53. The Bertz CT molecular complexity index is 722. The molecule has 2 amide bonds. The topological polar surface area (TPSA) is 80.3 Å². The average Bonchev–Trinajstić information content (AvgIpc) is 2.81. The summed E-state index contributed by atoms with van der Waals surface area (Å²) in [5.41, 5.74) is 1.21. The molecule has 2 saturated heterocycles. The second kappa shape index (κ2) is 10.8. The number of anilines is 1. The van der Waals surface area contributed by atoms with Gasteiger partial charge in [0.2, 0.25) is 11.8 Å². The van der Waals surface area contributed by atoms with E-state index in [1.54, 1.807) is 14.1 Å². The van der Waals surface area contributed by atoms with Crippen LogP contribution in [0.4, 0.5) is 5.69 Å². The SMILES string of the molecule is CN=C(NCC(=O)N1CCN(c2ccccc2)CC1)N1CCC(CC(=O)NC)CC1. The van der Waals surface area contributed by atoms with Gasteiger partial charge < -0.3 is 25.3 Å². The molecule has 2 aliphatic rings. The molecular weight excluding hydrogens is 380 g/mol. The van der Waals surface area contributed by atoms with Crippen LogP contribution in [0, 0.1) is 5.92 Å². The van der Waals surface area contributed by atoms with Crippen LogP contribution in [0.2, 0.25) is 0 Å². The molecule has 0 spiro atoms. The van der Waals surface area contributed by atoms with Gasteiger partial charge in [-0.2, -0.15) is 0 Å². The van der Waals surface area contributed by atoms with Crippen molar-refractivity contribution in [2.24, 2.45) is 10.9 Å². The van der Waals surface area contributed by atoms with Gasteiger partial charge in [-0.05, 0) is 30.9 Å². The third-order valence-corrected chi connectivity index (χ3v) is 6.03. The van der Waals surface area contributed by atoms with E-state index in [-0.39, 0.29) is 18.4 Å². The highest BCUT2D eigenvalue weighted by Crippen LogP contribution is 2.20. The number of nitrogens with one attached hydrogen (secondary N) is 2. The summed E-state index contributed by atoms with van der Waals surface area (Å²) in [6.45, 7) is 5.14. The molecule has 2 fully saturated rings. The zero-order valence-electron chi connectivity index (χ0n) is 18.1. The minimum absolute atomic E-state index is 0.105. The van der Waals surface area contributed by atoms with Crippen LogP contribution in [-0.2, 0) is 9.59 Å². The molecule has 8 nitrogen and oxygen atoms in total. The third-order valence-electron chi connectivity index (χ3n) is 6.03. The highest BCUT2D eigenvalue weighted by molar-refractivity contribution is 5.86. The Kier molecular flexibility index (Phi) is 7.93. The molecule has 0 atom stereocenters. The van der Waals surface area contributed by atoms with Crippen molar-refractivity contribution >= 4 is 23.5 Å². The fourth-order valence-corrected chi connectivity index (χ4v) is 4.16. The fourth-order valence-electron chi connectivity index (χ4n) is 4.16. The van der Waals surface area contributed by atoms with Crippen LogP contribution in [-0.4, -0.2) is 87.5 Å². The molecule has 0 bridgehead atoms. The lowest BCUT2D eigenvalue weighted by molar-refractivity contribution is -0.130. The number of rotatable bonds is 5. The van der Waals surface area contributed by atoms with E-state index in [0.717, 1.165) is 58.1 Å². The van der Waals surface area contributed by atoms with Crippen LogP contribution in [0.5, 0.6) is 0 Å². The molecule has 1 aromatic carbocycles. The van der Waals surface area contributed by atoms with Gasteiger partial charge in [0.1, 0.15) is 0 Å². The van der Waals surface area contributed by atoms with E-state index in [1.165, 1.54) is 5.69 Å². The van der Waals surface area contributed by atoms with Crippen LogP contribution < -0.4 is 15.5 Å². The number of aliphatic imine (C=N–C) groups is 1. The van der Waals surface area contributed by atoms with Crippen LogP contribution >= 0.6 is 0 Å². The van der Waals surface area contributed by atoms with E-state index in [2.05, 4.69) is 37.6 Å². The van der Waals surface area contributed by atoms with Crippen LogP contribution in [0.25, 0.3) is 0 Å². The Balaban J connectivity index is 1.40. The number of guanidine groups is 1. The molecule has 164 valence electrons. The maximum atomic E-state index is 12.7. The number of piperazine rings is 1. The normalized spacial score (nSPS) is 18.3. The first-order chi connectivity index (χ1) is 14.6. The highest BCUT2D eigenvalue weighted by atomic mass is 16.2. The van der Waals surface area contributed by atoms with Crippen molar-refractivity contribution in [3.63, 3.8) is 0 Å². The van der Waals surface area contributed by atoms with Crippen molar-refractivity contribution in [1.82, 2.24) is 20.4 Å². The summed E-state index contributed by atoms with van der Waals surface area (Å²) in [6.07, 6.45) is 2.51. The van der Waals surface area contributed by atoms with Crippen molar-refractivity contribution < 1.29 is 9.59 Å². The van der Waals surface area contributed by atoms with Gasteiger partial charge >= 0.3 is 0 Å². The minimum Gasteiger partial charge on any atom is -0.368 e. The Morgan fingerprint density at radius 1 is 1.00 bits per heavy atom. The van der Waals surface area contributed by atoms with Crippen LogP contribution in [0.1, 0.15) is 19.3 Å².